The summed E-state index contributed by atoms with van der Waals surface area (Å²) in [6.07, 6.45) is 0. The van der Waals surface area contributed by atoms with E-state index in [2.05, 4.69) is 5.32 Å². The van der Waals surface area contributed by atoms with Crippen molar-refractivity contribution >= 4 is 23.2 Å². The van der Waals surface area contributed by atoms with Crippen LogP contribution in [0.1, 0.15) is 24.1 Å². The average molecular weight is 298 g/mol. The largest absolute Gasteiger partial charge is 0.306 e. The van der Waals surface area contributed by atoms with E-state index in [1.807, 2.05) is 25.1 Å². The van der Waals surface area contributed by atoms with E-state index < -0.39 is 0 Å². The molecule has 4 heteroatoms. The van der Waals surface area contributed by atoms with Crippen LogP contribution in [0.2, 0.25) is 10.0 Å². The van der Waals surface area contributed by atoms with Crippen LogP contribution in [0.5, 0.6) is 0 Å². The Kier molecular flexibility index (Phi) is 4.81. The van der Waals surface area contributed by atoms with E-state index in [9.17, 15) is 4.39 Å². The van der Waals surface area contributed by atoms with Crippen LogP contribution in [-0.4, -0.2) is 0 Å². The minimum absolute atomic E-state index is 0.0331. The fraction of sp³-hybridized carbons (Fsp3) is 0.200. The molecule has 0 heterocycles. The zero-order chi connectivity index (χ0) is 13.8. The smallest absolute Gasteiger partial charge is 0.123 e. The molecule has 1 unspecified atom stereocenters. The van der Waals surface area contributed by atoms with E-state index >= 15 is 0 Å². The summed E-state index contributed by atoms with van der Waals surface area (Å²) in [5, 5.41) is 4.40. The zero-order valence-electron chi connectivity index (χ0n) is 10.5. The third-order valence-electron chi connectivity index (χ3n) is 2.98. The van der Waals surface area contributed by atoms with E-state index in [1.165, 1.54) is 12.1 Å². The molecule has 0 bridgehead atoms. The molecule has 100 valence electrons. The lowest BCUT2D eigenvalue weighted by molar-refractivity contribution is 0.565. The molecule has 0 saturated heterocycles. The van der Waals surface area contributed by atoms with E-state index in [0.717, 1.165) is 11.1 Å². The molecular weight excluding hydrogens is 284 g/mol. The first-order valence-electron chi connectivity index (χ1n) is 5.99. The lowest BCUT2D eigenvalue weighted by Gasteiger charge is -2.15. The van der Waals surface area contributed by atoms with Gasteiger partial charge in [-0.25, -0.2) is 4.39 Å². The molecule has 1 N–H and O–H groups in total. The van der Waals surface area contributed by atoms with Crippen LogP contribution in [-0.2, 0) is 6.54 Å². The lowest BCUT2D eigenvalue weighted by Crippen LogP contribution is -2.18. The van der Waals surface area contributed by atoms with Crippen molar-refractivity contribution in [2.24, 2.45) is 0 Å². The first kappa shape index (κ1) is 14.3. The molecule has 0 amide bonds. The zero-order valence-corrected chi connectivity index (χ0v) is 12.0. The molecule has 0 aliphatic carbocycles. The Bertz CT molecular complexity index is 572. The summed E-state index contributed by atoms with van der Waals surface area (Å²) in [5.74, 6) is -0.230. The highest BCUT2D eigenvalue weighted by molar-refractivity contribution is 6.42. The van der Waals surface area contributed by atoms with E-state index in [1.54, 1.807) is 12.1 Å². The minimum Gasteiger partial charge on any atom is -0.306 e. The first-order chi connectivity index (χ1) is 9.08. The van der Waals surface area contributed by atoms with Crippen LogP contribution in [0.15, 0.2) is 42.5 Å². The maximum atomic E-state index is 13.1. The van der Waals surface area contributed by atoms with Crippen LogP contribution in [0, 0.1) is 5.82 Å². The van der Waals surface area contributed by atoms with Gasteiger partial charge in [0, 0.05) is 12.6 Å². The van der Waals surface area contributed by atoms with Gasteiger partial charge in [0.1, 0.15) is 5.82 Å². The van der Waals surface area contributed by atoms with Crippen LogP contribution in [0.3, 0.4) is 0 Å². The Morgan fingerprint density at radius 3 is 2.63 bits per heavy atom. The number of hydrogen-bond acceptors (Lipinski definition) is 1. The van der Waals surface area contributed by atoms with Crippen LogP contribution in [0.25, 0.3) is 0 Å². The normalized spacial score (nSPS) is 12.4. The van der Waals surface area contributed by atoms with Crippen molar-refractivity contribution in [3.8, 4) is 0 Å². The Balaban J connectivity index is 2.04. The number of nitrogens with one attached hydrogen (secondary N) is 1. The molecule has 0 spiro atoms. The van der Waals surface area contributed by atoms with Crippen molar-refractivity contribution in [1.29, 1.82) is 0 Å². The third kappa shape index (κ3) is 3.69. The highest BCUT2D eigenvalue weighted by atomic mass is 35.5. The molecule has 0 aromatic heterocycles. The number of rotatable bonds is 4. The Hall–Kier alpha value is -1.09. The van der Waals surface area contributed by atoms with E-state index in [-0.39, 0.29) is 11.9 Å². The second-order valence-corrected chi connectivity index (χ2v) is 5.16. The summed E-state index contributed by atoms with van der Waals surface area (Å²) >= 11 is 12.1. The van der Waals surface area contributed by atoms with Gasteiger partial charge in [0.2, 0.25) is 0 Å². The molecule has 1 nitrogen and oxygen atoms in total. The first-order valence-corrected chi connectivity index (χ1v) is 6.75. The van der Waals surface area contributed by atoms with Crippen LogP contribution >= 0.6 is 23.2 Å². The highest BCUT2D eigenvalue weighted by Crippen LogP contribution is 2.26. The average Bonchev–Trinajstić information content (AvgIpc) is 2.40. The fourth-order valence-corrected chi connectivity index (χ4v) is 2.23. The van der Waals surface area contributed by atoms with Gasteiger partial charge in [-0.2, -0.15) is 0 Å². The second kappa shape index (κ2) is 6.38. The van der Waals surface area contributed by atoms with Gasteiger partial charge in [-0.1, -0.05) is 47.5 Å². The van der Waals surface area contributed by atoms with Gasteiger partial charge >= 0.3 is 0 Å². The monoisotopic (exact) mass is 297 g/mol. The highest BCUT2D eigenvalue weighted by Gasteiger charge is 2.08. The Labute approximate surface area is 122 Å². The van der Waals surface area contributed by atoms with Crippen molar-refractivity contribution < 1.29 is 4.39 Å². The molecule has 2 aromatic rings. The van der Waals surface area contributed by atoms with Gasteiger partial charge in [0.05, 0.1) is 10.0 Å². The van der Waals surface area contributed by atoms with Gasteiger partial charge in [-0.15, -0.1) is 0 Å². The number of benzene rings is 2. The van der Waals surface area contributed by atoms with Crippen molar-refractivity contribution in [3.63, 3.8) is 0 Å². The Morgan fingerprint density at radius 1 is 1.16 bits per heavy atom. The predicted octanol–water partition coefficient (Wildman–Crippen LogP) is 4.98. The SMILES string of the molecule is CC(NCc1cccc(Cl)c1Cl)c1cccc(F)c1. The molecule has 1 atom stereocenters. The summed E-state index contributed by atoms with van der Waals surface area (Å²) in [4.78, 5) is 0. The van der Waals surface area contributed by atoms with Crippen LogP contribution in [0.4, 0.5) is 4.39 Å². The quantitative estimate of drug-likeness (QED) is 0.839. The van der Waals surface area contributed by atoms with Crippen molar-refractivity contribution in [3.05, 3.63) is 69.5 Å². The predicted molar refractivity (Wildman–Crippen MR) is 78.1 cm³/mol. The van der Waals surface area contributed by atoms with Crippen molar-refractivity contribution in [2.75, 3.05) is 0 Å². The maximum absolute atomic E-state index is 13.1. The molecule has 2 aromatic carbocycles. The Morgan fingerprint density at radius 2 is 1.89 bits per heavy atom. The minimum atomic E-state index is -0.230. The van der Waals surface area contributed by atoms with Gasteiger partial charge in [-0.05, 0) is 36.2 Å². The van der Waals surface area contributed by atoms with Crippen molar-refractivity contribution in [1.82, 2.24) is 5.32 Å². The molecule has 0 aliphatic heterocycles. The van der Waals surface area contributed by atoms with Gasteiger partial charge in [-0.3, -0.25) is 0 Å². The molecule has 0 aliphatic rings. The van der Waals surface area contributed by atoms with E-state index in [4.69, 9.17) is 23.2 Å². The molecule has 0 radical (unpaired) electrons. The summed E-state index contributed by atoms with van der Waals surface area (Å²) in [7, 11) is 0. The number of halogens is 3. The maximum Gasteiger partial charge on any atom is 0.123 e. The molecule has 0 fully saturated rings. The standard InChI is InChI=1S/C15H14Cl2FN/c1-10(11-4-2-6-13(18)8-11)19-9-12-5-3-7-14(16)15(12)17/h2-8,10,19H,9H2,1H3. The third-order valence-corrected chi connectivity index (χ3v) is 3.84. The second-order valence-electron chi connectivity index (χ2n) is 4.37. The summed E-state index contributed by atoms with van der Waals surface area (Å²) in [6.45, 7) is 2.56. The summed E-state index contributed by atoms with van der Waals surface area (Å²) in [6, 6.07) is 12.1. The van der Waals surface area contributed by atoms with Gasteiger partial charge in [0.25, 0.3) is 0 Å². The fourth-order valence-electron chi connectivity index (χ4n) is 1.84. The van der Waals surface area contributed by atoms with Crippen LogP contribution < -0.4 is 5.32 Å². The summed E-state index contributed by atoms with van der Waals surface area (Å²) < 4.78 is 13.1. The van der Waals surface area contributed by atoms with Gasteiger partial charge < -0.3 is 5.32 Å². The van der Waals surface area contributed by atoms with E-state index in [0.29, 0.717) is 16.6 Å². The van der Waals surface area contributed by atoms with Gasteiger partial charge in [0.15, 0.2) is 0 Å². The molecule has 0 saturated carbocycles. The topological polar surface area (TPSA) is 12.0 Å². The molecule has 2 rings (SSSR count). The molecular formula is C15H14Cl2FN. The molecule has 19 heavy (non-hydrogen) atoms. The van der Waals surface area contributed by atoms with Crippen molar-refractivity contribution in [2.45, 2.75) is 19.5 Å². The lowest BCUT2D eigenvalue weighted by atomic mass is 10.1. The number of hydrogen-bond donors (Lipinski definition) is 1. The summed E-state index contributed by atoms with van der Waals surface area (Å²) in [5.41, 5.74) is 1.83.